The van der Waals surface area contributed by atoms with Crippen molar-refractivity contribution in [3.05, 3.63) is 72.1 Å². The molecule has 0 spiro atoms. The van der Waals surface area contributed by atoms with E-state index in [-0.39, 0.29) is 0 Å². The maximum Gasteiger partial charge on any atom is 0.0409 e. The molecule has 0 amide bonds. The monoisotopic (exact) mass is 238 g/mol. The molecule has 0 radical (unpaired) electrons. The topological polar surface area (TPSA) is 24.1 Å². The molecule has 0 saturated carbocycles. The number of hydrogen-bond acceptors (Lipinski definition) is 2. The fourth-order valence-corrected chi connectivity index (χ4v) is 1.73. The zero-order valence-corrected chi connectivity index (χ0v) is 10.8. The van der Waals surface area contributed by atoms with E-state index < -0.39 is 0 Å². The highest BCUT2D eigenvalue weighted by Gasteiger charge is 1.93. The Hall–Kier alpha value is -2.22. The second-order valence-electron chi connectivity index (χ2n) is 4.25. The number of nitrogens with one attached hydrogen (secondary N) is 2. The van der Waals surface area contributed by atoms with Crippen molar-refractivity contribution >= 4 is 11.4 Å². The minimum absolute atomic E-state index is 1.13. The third kappa shape index (κ3) is 3.14. The summed E-state index contributed by atoms with van der Waals surface area (Å²) in [6.45, 7) is 4.18. The summed E-state index contributed by atoms with van der Waals surface area (Å²) >= 11 is 0. The fourth-order valence-electron chi connectivity index (χ4n) is 1.73. The molecule has 0 bridgehead atoms. The van der Waals surface area contributed by atoms with Crippen LogP contribution >= 0.6 is 0 Å². The molecule has 0 fully saturated rings. The summed E-state index contributed by atoms with van der Waals surface area (Å²) in [6.07, 6.45) is 3.82. The summed E-state index contributed by atoms with van der Waals surface area (Å²) in [5.74, 6) is 0. The van der Waals surface area contributed by atoms with Crippen LogP contribution in [0.15, 0.2) is 60.9 Å². The van der Waals surface area contributed by atoms with E-state index in [0.29, 0.717) is 0 Å². The fraction of sp³-hybridized carbons (Fsp3) is 0.125. The molecule has 0 heterocycles. The summed E-state index contributed by atoms with van der Waals surface area (Å²) in [5.41, 5.74) is 4.72. The van der Waals surface area contributed by atoms with Crippen LogP contribution in [-0.2, 0) is 0 Å². The Morgan fingerprint density at radius 3 is 1.44 bits per heavy atom. The maximum absolute atomic E-state index is 3.26. The maximum atomic E-state index is 3.26. The lowest BCUT2D eigenvalue weighted by Gasteiger charge is -2.06. The van der Waals surface area contributed by atoms with Crippen molar-refractivity contribution in [2.24, 2.45) is 0 Å². The molecule has 0 saturated heterocycles. The van der Waals surface area contributed by atoms with Crippen LogP contribution in [-0.4, -0.2) is 0 Å². The molecule has 0 unspecified atom stereocenters. The third-order valence-corrected chi connectivity index (χ3v) is 2.85. The lowest BCUT2D eigenvalue weighted by molar-refractivity contribution is 1.41. The third-order valence-electron chi connectivity index (χ3n) is 2.85. The quantitative estimate of drug-likeness (QED) is 0.830. The minimum atomic E-state index is 1.13. The van der Waals surface area contributed by atoms with E-state index in [1.165, 1.54) is 11.1 Å². The smallest absolute Gasteiger partial charge is 0.0409 e. The van der Waals surface area contributed by atoms with Gasteiger partial charge in [0.2, 0.25) is 0 Å². The van der Waals surface area contributed by atoms with Crippen LogP contribution in [0, 0.1) is 13.8 Å². The van der Waals surface area contributed by atoms with Crippen molar-refractivity contribution in [2.45, 2.75) is 13.8 Å². The molecule has 18 heavy (non-hydrogen) atoms. The number of benzene rings is 2. The van der Waals surface area contributed by atoms with Gasteiger partial charge < -0.3 is 10.6 Å². The first-order valence-electron chi connectivity index (χ1n) is 6.07. The summed E-state index contributed by atoms with van der Waals surface area (Å²) in [6, 6.07) is 16.4. The molecule has 2 aromatic carbocycles. The number of aryl methyl sites for hydroxylation is 2. The molecule has 0 atom stereocenters. The van der Waals surface area contributed by atoms with Gasteiger partial charge in [-0.1, -0.05) is 36.4 Å². The average molecular weight is 238 g/mol. The van der Waals surface area contributed by atoms with Gasteiger partial charge >= 0.3 is 0 Å². The van der Waals surface area contributed by atoms with Crippen LogP contribution in [0.25, 0.3) is 0 Å². The molecule has 2 heteroatoms. The first-order valence-corrected chi connectivity index (χ1v) is 6.07. The first-order chi connectivity index (χ1) is 8.77. The van der Waals surface area contributed by atoms with Crippen LogP contribution in [0.4, 0.5) is 11.4 Å². The second kappa shape index (κ2) is 5.92. The van der Waals surface area contributed by atoms with Gasteiger partial charge in [0.1, 0.15) is 0 Å². The van der Waals surface area contributed by atoms with Crippen LogP contribution in [0.2, 0.25) is 0 Å². The van der Waals surface area contributed by atoms with E-state index in [1.807, 2.05) is 36.7 Å². The molecular formula is C16H18N2. The standard InChI is InChI=1S/C16H18N2/c1-13-7-3-5-9-15(13)17-11-12-18-16-10-6-4-8-14(16)2/h3-12,17-18H,1-2H3. The SMILES string of the molecule is Cc1ccccc1NC=CNc1ccccc1C. The van der Waals surface area contributed by atoms with Gasteiger partial charge in [-0.05, 0) is 37.1 Å². The number of anilines is 2. The highest BCUT2D eigenvalue weighted by atomic mass is 14.9. The van der Waals surface area contributed by atoms with Gasteiger partial charge in [-0.3, -0.25) is 0 Å². The van der Waals surface area contributed by atoms with E-state index in [0.717, 1.165) is 11.4 Å². The van der Waals surface area contributed by atoms with Crippen LogP contribution < -0.4 is 10.6 Å². The Balaban J connectivity index is 1.94. The summed E-state index contributed by atoms with van der Waals surface area (Å²) in [5, 5.41) is 6.52. The molecular weight excluding hydrogens is 220 g/mol. The van der Waals surface area contributed by atoms with E-state index in [1.54, 1.807) is 0 Å². The van der Waals surface area contributed by atoms with Crippen molar-refractivity contribution < 1.29 is 0 Å². The van der Waals surface area contributed by atoms with E-state index >= 15 is 0 Å². The Bertz CT molecular complexity index is 495. The average Bonchev–Trinajstić information content (AvgIpc) is 2.38. The van der Waals surface area contributed by atoms with Crippen molar-refractivity contribution in [3.8, 4) is 0 Å². The van der Waals surface area contributed by atoms with Gasteiger partial charge in [0.25, 0.3) is 0 Å². The Labute approximate surface area is 108 Å². The largest absolute Gasteiger partial charge is 0.360 e. The molecule has 2 nitrogen and oxygen atoms in total. The van der Waals surface area contributed by atoms with Crippen LogP contribution in [0.1, 0.15) is 11.1 Å². The van der Waals surface area contributed by atoms with Crippen molar-refractivity contribution in [1.82, 2.24) is 0 Å². The summed E-state index contributed by atoms with van der Waals surface area (Å²) in [4.78, 5) is 0. The molecule has 92 valence electrons. The van der Waals surface area contributed by atoms with Gasteiger partial charge in [-0.25, -0.2) is 0 Å². The van der Waals surface area contributed by atoms with Gasteiger partial charge in [0.05, 0.1) is 0 Å². The normalized spacial score (nSPS) is 10.6. The highest BCUT2D eigenvalue weighted by molar-refractivity contribution is 5.54. The lowest BCUT2D eigenvalue weighted by Crippen LogP contribution is -1.94. The summed E-state index contributed by atoms with van der Waals surface area (Å²) in [7, 11) is 0. The van der Waals surface area contributed by atoms with E-state index in [2.05, 4.69) is 48.7 Å². The van der Waals surface area contributed by atoms with Crippen LogP contribution in [0.5, 0.6) is 0 Å². The number of hydrogen-bond donors (Lipinski definition) is 2. The van der Waals surface area contributed by atoms with E-state index in [4.69, 9.17) is 0 Å². The van der Waals surface area contributed by atoms with Gasteiger partial charge in [0, 0.05) is 23.8 Å². The molecule has 0 aliphatic heterocycles. The molecule has 2 rings (SSSR count). The number of para-hydroxylation sites is 2. The van der Waals surface area contributed by atoms with Gasteiger partial charge in [-0.15, -0.1) is 0 Å². The Morgan fingerprint density at radius 2 is 1.06 bits per heavy atom. The highest BCUT2D eigenvalue weighted by Crippen LogP contribution is 2.14. The summed E-state index contributed by atoms with van der Waals surface area (Å²) < 4.78 is 0. The first kappa shape index (κ1) is 12.2. The van der Waals surface area contributed by atoms with Crippen molar-refractivity contribution in [3.63, 3.8) is 0 Å². The van der Waals surface area contributed by atoms with Crippen molar-refractivity contribution in [2.75, 3.05) is 10.6 Å². The molecule has 2 aromatic rings. The predicted molar refractivity (Wildman–Crippen MR) is 78.7 cm³/mol. The predicted octanol–water partition coefficient (Wildman–Crippen LogP) is 4.30. The van der Waals surface area contributed by atoms with Crippen molar-refractivity contribution in [1.29, 1.82) is 0 Å². The minimum Gasteiger partial charge on any atom is -0.360 e. The van der Waals surface area contributed by atoms with Crippen LogP contribution in [0.3, 0.4) is 0 Å². The zero-order chi connectivity index (χ0) is 12.8. The molecule has 0 aliphatic rings. The van der Waals surface area contributed by atoms with E-state index in [9.17, 15) is 0 Å². The zero-order valence-electron chi connectivity index (χ0n) is 10.8. The lowest BCUT2D eigenvalue weighted by atomic mass is 10.2. The molecule has 0 aliphatic carbocycles. The Morgan fingerprint density at radius 1 is 0.667 bits per heavy atom. The Kier molecular flexibility index (Phi) is 4.02. The number of rotatable bonds is 4. The molecule has 2 N–H and O–H groups in total. The van der Waals surface area contributed by atoms with Gasteiger partial charge in [-0.2, -0.15) is 0 Å². The van der Waals surface area contributed by atoms with Gasteiger partial charge in [0.15, 0.2) is 0 Å². The second-order valence-corrected chi connectivity index (χ2v) is 4.25. The molecule has 0 aromatic heterocycles.